The van der Waals surface area contributed by atoms with E-state index in [0.717, 1.165) is 3.57 Å². The van der Waals surface area contributed by atoms with E-state index in [1.54, 1.807) is 19.1 Å². The third-order valence-electron chi connectivity index (χ3n) is 2.61. The van der Waals surface area contributed by atoms with Gasteiger partial charge in [0, 0.05) is 18.6 Å². The largest absolute Gasteiger partial charge is 0.466 e. The van der Waals surface area contributed by atoms with E-state index in [2.05, 4.69) is 22.6 Å². The first-order valence-electron chi connectivity index (χ1n) is 6.13. The van der Waals surface area contributed by atoms with E-state index in [4.69, 9.17) is 18.6 Å². The van der Waals surface area contributed by atoms with Gasteiger partial charge in [0.15, 0.2) is 6.79 Å². The molecule has 2 aromatic rings. The molecule has 1 heterocycles. The molecule has 2 rings (SSSR count). The maximum Gasteiger partial charge on any atom is 0.351 e. The summed E-state index contributed by atoms with van der Waals surface area (Å²) in [5.41, 5.74) is -0.523. The van der Waals surface area contributed by atoms with Gasteiger partial charge >= 0.3 is 11.6 Å². The molecule has 0 saturated carbocycles. The minimum Gasteiger partial charge on any atom is -0.466 e. The number of carbonyl (C=O) groups excluding carboxylic acids is 1. The molecule has 0 aliphatic carbocycles. The van der Waals surface area contributed by atoms with E-state index < -0.39 is 11.6 Å². The highest BCUT2D eigenvalue weighted by Crippen LogP contribution is 2.27. The molecule has 0 fully saturated rings. The van der Waals surface area contributed by atoms with Crippen LogP contribution in [-0.2, 0) is 9.47 Å². The fraction of sp³-hybridized carbons (Fsp3) is 0.286. The molecule has 0 unspecified atom stereocenters. The Morgan fingerprint density at radius 3 is 2.76 bits per heavy atom. The summed E-state index contributed by atoms with van der Waals surface area (Å²) < 4.78 is 21.0. The summed E-state index contributed by atoms with van der Waals surface area (Å²) in [5, 5.41) is 0.617. The molecular weight excluding hydrogens is 391 g/mol. The number of methoxy groups -OCH3 is 1. The Morgan fingerprint density at radius 2 is 2.10 bits per heavy atom. The SMILES string of the molecule is CCOC(=O)c1cc2cc(I)c(OCOC)cc2oc1=O. The Balaban J connectivity index is 2.49. The second kappa shape index (κ2) is 6.90. The zero-order chi connectivity index (χ0) is 15.4. The average Bonchev–Trinajstić information content (AvgIpc) is 2.45. The van der Waals surface area contributed by atoms with Crippen LogP contribution in [0.1, 0.15) is 17.3 Å². The van der Waals surface area contributed by atoms with Crippen LogP contribution in [0.15, 0.2) is 27.4 Å². The van der Waals surface area contributed by atoms with Crippen LogP contribution < -0.4 is 10.4 Å². The highest BCUT2D eigenvalue weighted by Gasteiger charge is 2.16. The van der Waals surface area contributed by atoms with Crippen LogP contribution in [0, 0.1) is 3.57 Å². The van der Waals surface area contributed by atoms with Crippen molar-refractivity contribution in [2.45, 2.75) is 6.92 Å². The lowest BCUT2D eigenvalue weighted by atomic mass is 10.2. The lowest BCUT2D eigenvalue weighted by Gasteiger charge is -2.08. The average molecular weight is 404 g/mol. The molecule has 0 N–H and O–H groups in total. The van der Waals surface area contributed by atoms with Crippen molar-refractivity contribution in [2.75, 3.05) is 20.5 Å². The van der Waals surface area contributed by atoms with Crippen LogP contribution in [0.2, 0.25) is 0 Å². The number of halogens is 1. The fourth-order valence-electron chi connectivity index (χ4n) is 1.70. The van der Waals surface area contributed by atoms with Crippen molar-refractivity contribution in [3.8, 4) is 5.75 Å². The Kier molecular flexibility index (Phi) is 5.18. The van der Waals surface area contributed by atoms with Crippen molar-refractivity contribution in [1.29, 1.82) is 0 Å². The summed E-state index contributed by atoms with van der Waals surface area (Å²) in [7, 11) is 1.51. The first-order valence-corrected chi connectivity index (χ1v) is 7.21. The second-order valence-electron chi connectivity index (χ2n) is 4.04. The van der Waals surface area contributed by atoms with Gasteiger partial charge in [-0.2, -0.15) is 0 Å². The summed E-state index contributed by atoms with van der Waals surface area (Å²) in [4.78, 5) is 23.5. The third kappa shape index (κ3) is 3.53. The first-order chi connectivity index (χ1) is 10.1. The van der Waals surface area contributed by atoms with E-state index in [-0.39, 0.29) is 19.0 Å². The third-order valence-corrected chi connectivity index (χ3v) is 3.46. The summed E-state index contributed by atoms with van der Waals surface area (Å²) in [6.07, 6.45) is 0. The van der Waals surface area contributed by atoms with Gasteiger partial charge in [0.25, 0.3) is 0 Å². The quantitative estimate of drug-likeness (QED) is 0.330. The van der Waals surface area contributed by atoms with Crippen molar-refractivity contribution in [2.24, 2.45) is 0 Å². The smallest absolute Gasteiger partial charge is 0.351 e. The second-order valence-corrected chi connectivity index (χ2v) is 5.20. The molecule has 21 heavy (non-hydrogen) atoms. The molecule has 0 aliphatic heterocycles. The van der Waals surface area contributed by atoms with E-state index in [1.807, 2.05) is 0 Å². The maximum absolute atomic E-state index is 11.8. The van der Waals surface area contributed by atoms with Gasteiger partial charge in [-0.25, -0.2) is 9.59 Å². The van der Waals surface area contributed by atoms with Gasteiger partial charge in [0.05, 0.1) is 10.2 Å². The van der Waals surface area contributed by atoms with Crippen molar-refractivity contribution < 1.29 is 23.4 Å². The monoisotopic (exact) mass is 404 g/mol. The first kappa shape index (κ1) is 15.8. The molecule has 0 aliphatic rings. The highest BCUT2D eigenvalue weighted by molar-refractivity contribution is 14.1. The molecule has 1 aromatic carbocycles. The van der Waals surface area contributed by atoms with E-state index in [0.29, 0.717) is 16.7 Å². The summed E-state index contributed by atoms with van der Waals surface area (Å²) >= 11 is 2.09. The zero-order valence-corrected chi connectivity index (χ0v) is 13.6. The fourth-order valence-corrected chi connectivity index (χ4v) is 2.35. The maximum atomic E-state index is 11.8. The Bertz CT molecular complexity index is 721. The molecular formula is C14H13IO6. The van der Waals surface area contributed by atoms with Crippen molar-refractivity contribution in [1.82, 2.24) is 0 Å². The van der Waals surface area contributed by atoms with Gasteiger partial charge in [0.1, 0.15) is 16.9 Å². The van der Waals surface area contributed by atoms with Gasteiger partial charge in [-0.3, -0.25) is 0 Å². The number of benzene rings is 1. The normalized spacial score (nSPS) is 10.6. The van der Waals surface area contributed by atoms with Gasteiger partial charge in [-0.05, 0) is 41.6 Å². The number of carbonyl (C=O) groups is 1. The standard InChI is InChI=1S/C14H13IO6/c1-3-19-13(16)9-4-8-5-10(15)12(20-7-18-2)6-11(8)21-14(9)17/h4-6H,3,7H2,1-2H3. The van der Waals surface area contributed by atoms with Crippen LogP contribution in [0.4, 0.5) is 0 Å². The molecule has 6 nitrogen and oxygen atoms in total. The van der Waals surface area contributed by atoms with Crippen molar-refractivity contribution in [3.63, 3.8) is 0 Å². The van der Waals surface area contributed by atoms with E-state index in [1.165, 1.54) is 13.2 Å². The molecule has 7 heteroatoms. The molecule has 0 spiro atoms. The molecule has 0 amide bonds. The number of hydrogen-bond acceptors (Lipinski definition) is 6. The van der Waals surface area contributed by atoms with E-state index in [9.17, 15) is 9.59 Å². The molecule has 0 saturated heterocycles. The number of hydrogen-bond donors (Lipinski definition) is 0. The van der Waals surface area contributed by atoms with Gasteiger partial charge in [0.2, 0.25) is 0 Å². The van der Waals surface area contributed by atoms with Crippen LogP contribution in [-0.4, -0.2) is 26.5 Å². The lowest BCUT2D eigenvalue weighted by Crippen LogP contribution is -2.16. The predicted molar refractivity (Wildman–Crippen MR) is 83.7 cm³/mol. The topological polar surface area (TPSA) is 75.0 Å². The minimum absolute atomic E-state index is 0.0899. The van der Waals surface area contributed by atoms with Gasteiger partial charge in [-0.1, -0.05) is 0 Å². The highest BCUT2D eigenvalue weighted by atomic mass is 127. The van der Waals surface area contributed by atoms with Crippen LogP contribution in [0.5, 0.6) is 5.75 Å². The minimum atomic E-state index is -0.736. The number of ether oxygens (including phenoxy) is 3. The van der Waals surface area contributed by atoms with Crippen LogP contribution >= 0.6 is 22.6 Å². The van der Waals surface area contributed by atoms with E-state index >= 15 is 0 Å². The molecule has 1 aromatic heterocycles. The van der Waals surface area contributed by atoms with Gasteiger partial charge < -0.3 is 18.6 Å². The molecule has 112 valence electrons. The number of rotatable bonds is 5. The Hall–Kier alpha value is -1.61. The number of esters is 1. The van der Waals surface area contributed by atoms with Crippen LogP contribution in [0.3, 0.4) is 0 Å². The summed E-state index contributed by atoms with van der Waals surface area (Å²) in [6, 6.07) is 4.81. The summed E-state index contributed by atoms with van der Waals surface area (Å²) in [5.74, 6) is -0.153. The molecule has 0 radical (unpaired) electrons. The predicted octanol–water partition coefficient (Wildman–Crippen LogP) is 2.56. The van der Waals surface area contributed by atoms with Crippen molar-refractivity contribution in [3.05, 3.63) is 37.8 Å². The van der Waals surface area contributed by atoms with Gasteiger partial charge in [-0.15, -0.1) is 0 Å². The molecule has 0 bridgehead atoms. The Morgan fingerprint density at radius 1 is 1.33 bits per heavy atom. The summed E-state index contributed by atoms with van der Waals surface area (Å²) in [6.45, 7) is 1.95. The number of fused-ring (bicyclic) bond motifs is 1. The Labute approximate surface area is 134 Å². The lowest BCUT2D eigenvalue weighted by molar-refractivity contribution is 0.0505. The van der Waals surface area contributed by atoms with Crippen LogP contribution in [0.25, 0.3) is 11.0 Å². The zero-order valence-electron chi connectivity index (χ0n) is 11.5. The van der Waals surface area contributed by atoms with Crippen molar-refractivity contribution >= 4 is 39.5 Å². The molecule has 0 atom stereocenters.